The zero-order chi connectivity index (χ0) is 26.8. The standard InChI is InChI=1S/C31H43N5O/c1-20-14-22(16-23(15-20)30(2,3)4)21-8-13-27-26(17-21)29(34-19-33-27)32-18-28(37)35-24-9-11-25(12-10-24)36-31(5,6)7/h8,13-17,19,24-25,36H,9-12,18H2,1-7H3,(H,35,37)(H,32,33,34). The highest BCUT2D eigenvalue weighted by molar-refractivity contribution is 5.94. The molecule has 0 atom stereocenters. The second kappa shape index (κ2) is 10.8. The summed E-state index contributed by atoms with van der Waals surface area (Å²) in [5.74, 6) is 0.687. The summed E-state index contributed by atoms with van der Waals surface area (Å²) in [6, 6.07) is 13.8. The Bertz CT molecular complexity index is 1250. The molecule has 1 fully saturated rings. The van der Waals surface area contributed by atoms with Crippen molar-refractivity contribution >= 4 is 22.6 Å². The number of fused-ring (bicyclic) bond motifs is 1. The van der Waals surface area contributed by atoms with Gasteiger partial charge in [0.1, 0.15) is 12.1 Å². The predicted octanol–water partition coefficient (Wildman–Crippen LogP) is 6.13. The van der Waals surface area contributed by atoms with E-state index in [1.165, 1.54) is 16.7 Å². The van der Waals surface area contributed by atoms with Gasteiger partial charge in [0.05, 0.1) is 12.1 Å². The van der Waals surface area contributed by atoms with Crippen molar-refractivity contribution in [1.82, 2.24) is 20.6 Å². The summed E-state index contributed by atoms with van der Waals surface area (Å²) in [4.78, 5) is 21.7. The number of carbonyl (C=O) groups excluding carboxylic acids is 1. The van der Waals surface area contributed by atoms with Crippen molar-refractivity contribution < 1.29 is 4.79 Å². The average Bonchev–Trinajstić information content (AvgIpc) is 2.82. The normalized spacial score (nSPS) is 18.6. The van der Waals surface area contributed by atoms with E-state index in [-0.39, 0.29) is 29.4 Å². The van der Waals surface area contributed by atoms with Gasteiger partial charge in [-0.15, -0.1) is 0 Å². The molecule has 1 heterocycles. The Morgan fingerprint density at radius 2 is 1.59 bits per heavy atom. The summed E-state index contributed by atoms with van der Waals surface area (Å²) in [5, 5.41) is 11.1. The first-order chi connectivity index (χ1) is 17.4. The third-order valence-corrected chi connectivity index (χ3v) is 7.06. The molecule has 0 saturated heterocycles. The van der Waals surface area contributed by atoms with Gasteiger partial charge in [0.2, 0.25) is 5.91 Å². The second-order valence-corrected chi connectivity index (χ2v) is 12.7. The Morgan fingerprint density at radius 1 is 0.892 bits per heavy atom. The maximum atomic E-state index is 12.8. The van der Waals surface area contributed by atoms with E-state index in [1.807, 2.05) is 6.07 Å². The quantitative estimate of drug-likeness (QED) is 0.379. The van der Waals surface area contributed by atoms with E-state index in [4.69, 9.17) is 0 Å². The number of amides is 1. The molecular formula is C31H43N5O. The topological polar surface area (TPSA) is 78.9 Å². The van der Waals surface area contributed by atoms with Crippen LogP contribution in [0.15, 0.2) is 42.7 Å². The minimum absolute atomic E-state index is 0.00338. The number of benzene rings is 2. The van der Waals surface area contributed by atoms with Gasteiger partial charge in [0.25, 0.3) is 0 Å². The van der Waals surface area contributed by atoms with Crippen LogP contribution in [-0.4, -0.2) is 40.0 Å². The van der Waals surface area contributed by atoms with Crippen LogP contribution in [0, 0.1) is 6.92 Å². The van der Waals surface area contributed by atoms with E-state index in [0.717, 1.165) is 42.1 Å². The smallest absolute Gasteiger partial charge is 0.239 e. The zero-order valence-electron chi connectivity index (χ0n) is 23.5. The van der Waals surface area contributed by atoms with Gasteiger partial charge in [0, 0.05) is 23.0 Å². The number of rotatable bonds is 6. The molecular weight excluding hydrogens is 458 g/mol. The van der Waals surface area contributed by atoms with Gasteiger partial charge in [-0.25, -0.2) is 9.97 Å². The molecule has 0 unspecified atom stereocenters. The fourth-order valence-electron chi connectivity index (χ4n) is 5.20. The minimum atomic E-state index is 0.00338. The molecule has 1 amide bonds. The van der Waals surface area contributed by atoms with Crippen molar-refractivity contribution in [2.75, 3.05) is 11.9 Å². The number of aryl methyl sites for hydroxylation is 1. The number of nitrogens with zero attached hydrogens (tertiary/aromatic N) is 2. The average molecular weight is 502 g/mol. The molecule has 1 aromatic heterocycles. The lowest BCUT2D eigenvalue weighted by molar-refractivity contribution is -0.120. The molecule has 1 saturated carbocycles. The number of carbonyl (C=O) groups is 1. The number of hydrogen-bond acceptors (Lipinski definition) is 5. The molecule has 0 radical (unpaired) electrons. The monoisotopic (exact) mass is 501 g/mol. The Morgan fingerprint density at radius 3 is 2.27 bits per heavy atom. The van der Waals surface area contributed by atoms with E-state index in [0.29, 0.717) is 11.9 Å². The predicted molar refractivity (Wildman–Crippen MR) is 154 cm³/mol. The second-order valence-electron chi connectivity index (χ2n) is 12.7. The Hall–Kier alpha value is -2.99. The lowest BCUT2D eigenvalue weighted by Gasteiger charge is -2.34. The summed E-state index contributed by atoms with van der Waals surface area (Å²) in [6.45, 7) is 15.7. The molecule has 1 aliphatic rings. The Labute approximate surface area is 222 Å². The minimum Gasteiger partial charge on any atom is -0.360 e. The van der Waals surface area contributed by atoms with Gasteiger partial charge in [-0.3, -0.25) is 4.79 Å². The van der Waals surface area contributed by atoms with E-state index < -0.39 is 0 Å². The van der Waals surface area contributed by atoms with Crippen molar-refractivity contribution in [3.63, 3.8) is 0 Å². The van der Waals surface area contributed by atoms with E-state index >= 15 is 0 Å². The van der Waals surface area contributed by atoms with Crippen molar-refractivity contribution in [2.45, 2.75) is 97.2 Å². The number of anilines is 1. The molecule has 2 aromatic carbocycles. The van der Waals surface area contributed by atoms with Gasteiger partial charge < -0.3 is 16.0 Å². The van der Waals surface area contributed by atoms with Crippen molar-refractivity contribution in [2.24, 2.45) is 0 Å². The SMILES string of the molecule is Cc1cc(-c2ccc3ncnc(NCC(=O)NC4CCC(NC(C)(C)C)CC4)c3c2)cc(C(C)(C)C)c1. The molecule has 3 N–H and O–H groups in total. The van der Waals surface area contributed by atoms with Crippen LogP contribution in [0.5, 0.6) is 0 Å². The summed E-state index contributed by atoms with van der Waals surface area (Å²) < 4.78 is 0. The van der Waals surface area contributed by atoms with Crippen LogP contribution in [0.2, 0.25) is 0 Å². The summed E-state index contributed by atoms with van der Waals surface area (Å²) >= 11 is 0. The van der Waals surface area contributed by atoms with E-state index in [1.54, 1.807) is 6.33 Å². The fourth-order valence-corrected chi connectivity index (χ4v) is 5.20. The van der Waals surface area contributed by atoms with Crippen LogP contribution in [0.4, 0.5) is 5.82 Å². The fraction of sp³-hybridized carbons (Fsp3) is 0.516. The Balaban J connectivity index is 1.43. The van der Waals surface area contributed by atoms with Gasteiger partial charge in [0.15, 0.2) is 0 Å². The summed E-state index contributed by atoms with van der Waals surface area (Å²) in [7, 11) is 0. The molecule has 0 bridgehead atoms. The third-order valence-electron chi connectivity index (χ3n) is 7.06. The maximum Gasteiger partial charge on any atom is 0.239 e. The van der Waals surface area contributed by atoms with Crippen LogP contribution in [-0.2, 0) is 10.2 Å². The lowest BCUT2D eigenvalue weighted by atomic mass is 9.84. The molecule has 198 valence electrons. The van der Waals surface area contributed by atoms with E-state index in [9.17, 15) is 4.79 Å². The molecule has 6 heteroatoms. The summed E-state index contributed by atoms with van der Waals surface area (Å²) in [5.41, 5.74) is 5.90. The van der Waals surface area contributed by atoms with Crippen molar-refractivity contribution in [3.05, 3.63) is 53.9 Å². The lowest BCUT2D eigenvalue weighted by Crippen LogP contribution is -2.48. The van der Waals surface area contributed by atoms with Crippen molar-refractivity contribution in [3.8, 4) is 11.1 Å². The maximum absolute atomic E-state index is 12.8. The van der Waals surface area contributed by atoms with Gasteiger partial charge >= 0.3 is 0 Å². The van der Waals surface area contributed by atoms with E-state index in [2.05, 4.69) is 105 Å². The van der Waals surface area contributed by atoms with Gasteiger partial charge in [-0.2, -0.15) is 0 Å². The first kappa shape index (κ1) is 27.1. The summed E-state index contributed by atoms with van der Waals surface area (Å²) in [6.07, 6.45) is 5.74. The number of hydrogen-bond donors (Lipinski definition) is 3. The molecule has 6 nitrogen and oxygen atoms in total. The van der Waals surface area contributed by atoms with Crippen LogP contribution in [0.1, 0.15) is 78.4 Å². The van der Waals surface area contributed by atoms with Crippen LogP contribution in [0.3, 0.4) is 0 Å². The first-order valence-corrected chi connectivity index (χ1v) is 13.6. The number of aromatic nitrogens is 2. The van der Waals surface area contributed by atoms with Crippen LogP contribution in [0.25, 0.3) is 22.0 Å². The number of nitrogens with one attached hydrogen (secondary N) is 3. The molecule has 0 aliphatic heterocycles. The van der Waals surface area contributed by atoms with Crippen LogP contribution < -0.4 is 16.0 Å². The molecule has 3 aromatic rings. The highest BCUT2D eigenvalue weighted by Crippen LogP contribution is 2.32. The molecule has 0 spiro atoms. The highest BCUT2D eigenvalue weighted by atomic mass is 16.2. The largest absolute Gasteiger partial charge is 0.360 e. The van der Waals surface area contributed by atoms with Gasteiger partial charge in [-0.1, -0.05) is 50.6 Å². The Kier molecular flexibility index (Phi) is 7.88. The molecule has 4 rings (SSSR count). The first-order valence-electron chi connectivity index (χ1n) is 13.6. The molecule has 1 aliphatic carbocycles. The van der Waals surface area contributed by atoms with Crippen LogP contribution >= 0.6 is 0 Å². The third kappa shape index (κ3) is 7.29. The molecule has 37 heavy (non-hydrogen) atoms. The zero-order valence-corrected chi connectivity index (χ0v) is 23.5. The van der Waals surface area contributed by atoms with Gasteiger partial charge in [-0.05, 0) is 87.6 Å². The van der Waals surface area contributed by atoms with Crippen molar-refractivity contribution in [1.29, 1.82) is 0 Å². The highest BCUT2D eigenvalue weighted by Gasteiger charge is 2.25.